The molecule has 0 aliphatic heterocycles. The number of carbonyl (C=O) groups excluding carboxylic acids is 1. The van der Waals surface area contributed by atoms with E-state index in [1.165, 1.54) is 12.4 Å². The summed E-state index contributed by atoms with van der Waals surface area (Å²) in [7, 11) is 0. The molecule has 0 saturated carbocycles. The number of carbonyl (C=O) groups is 1. The van der Waals surface area contributed by atoms with E-state index in [0.717, 1.165) is 12.1 Å². The number of nitriles is 1. The summed E-state index contributed by atoms with van der Waals surface area (Å²) < 4.78 is 18.8. The first kappa shape index (κ1) is 12.2. The lowest BCUT2D eigenvalue weighted by molar-refractivity contribution is 0.0990. The molecule has 0 radical (unpaired) electrons. The van der Waals surface area contributed by atoms with Crippen LogP contribution in [0.2, 0.25) is 0 Å². The molecule has 6 heteroatoms. The molecule has 0 amide bonds. The Bertz CT molecular complexity index is 753. The van der Waals surface area contributed by atoms with Crippen LogP contribution in [0, 0.1) is 17.1 Å². The fraction of sp³-hybridized carbons (Fsp3) is 0.143. The van der Waals surface area contributed by atoms with Crippen molar-refractivity contribution in [3.05, 3.63) is 47.2 Å². The number of halogens is 1. The van der Waals surface area contributed by atoms with Gasteiger partial charge in [0.05, 0.1) is 11.6 Å². The minimum absolute atomic E-state index is 0.0517. The average Bonchev–Trinajstić information content (AvgIpc) is 2.81. The van der Waals surface area contributed by atoms with Crippen LogP contribution in [0.5, 0.6) is 11.6 Å². The third-order valence-electron chi connectivity index (χ3n) is 2.99. The number of aromatic nitrogens is 2. The summed E-state index contributed by atoms with van der Waals surface area (Å²) in [6, 6.07) is 5.53. The molecule has 1 aromatic heterocycles. The number of fused-ring (bicyclic) bond motifs is 1. The van der Waals surface area contributed by atoms with Crippen LogP contribution < -0.4 is 4.74 Å². The maximum atomic E-state index is 13.3. The van der Waals surface area contributed by atoms with Crippen molar-refractivity contribution < 1.29 is 13.9 Å². The molecule has 1 aliphatic carbocycles. The van der Waals surface area contributed by atoms with Crippen LogP contribution in [0.3, 0.4) is 0 Å². The highest BCUT2D eigenvalue weighted by molar-refractivity contribution is 5.99. The van der Waals surface area contributed by atoms with Crippen LogP contribution in [-0.2, 0) is 6.42 Å². The molecular weight excluding hydrogens is 261 g/mol. The number of rotatable bonds is 2. The van der Waals surface area contributed by atoms with Gasteiger partial charge in [-0.2, -0.15) is 5.26 Å². The smallest absolute Gasteiger partial charge is 0.226 e. The molecule has 1 heterocycles. The normalized spacial score (nSPS) is 12.9. The zero-order valence-corrected chi connectivity index (χ0v) is 10.3. The summed E-state index contributed by atoms with van der Waals surface area (Å²) in [5.74, 6) is -0.220. The van der Waals surface area contributed by atoms with Crippen molar-refractivity contribution in [1.29, 1.82) is 5.26 Å². The van der Waals surface area contributed by atoms with Gasteiger partial charge in [-0.05, 0) is 18.6 Å². The number of hydrogen-bond acceptors (Lipinski definition) is 5. The Balaban J connectivity index is 1.99. The molecule has 0 unspecified atom stereocenters. The average molecular weight is 269 g/mol. The van der Waals surface area contributed by atoms with E-state index in [-0.39, 0.29) is 23.0 Å². The lowest BCUT2D eigenvalue weighted by atomic mass is 10.2. The number of benzene rings is 1. The molecular formula is C14H8FN3O2. The van der Waals surface area contributed by atoms with Gasteiger partial charge in [0.1, 0.15) is 23.6 Å². The Morgan fingerprint density at radius 1 is 1.25 bits per heavy atom. The van der Waals surface area contributed by atoms with Crippen molar-refractivity contribution in [1.82, 2.24) is 9.97 Å². The molecule has 2 aromatic rings. The van der Waals surface area contributed by atoms with Crippen LogP contribution >= 0.6 is 0 Å². The molecule has 1 aliphatic rings. The fourth-order valence-electron chi connectivity index (χ4n) is 2.10. The SMILES string of the molecule is N#Cc1cc(F)cc(Oc2ncnc3c2CCC3=O)c1. The summed E-state index contributed by atoms with van der Waals surface area (Å²) in [5, 5.41) is 8.80. The number of ketones is 1. The van der Waals surface area contributed by atoms with Gasteiger partial charge in [0.2, 0.25) is 5.88 Å². The predicted molar refractivity (Wildman–Crippen MR) is 65.9 cm³/mol. The van der Waals surface area contributed by atoms with Crippen LogP contribution in [0.4, 0.5) is 4.39 Å². The summed E-state index contributed by atoms with van der Waals surface area (Å²) >= 11 is 0. The van der Waals surface area contributed by atoms with E-state index in [1.807, 2.05) is 6.07 Å². The van der Waals surface area contributed by atoms with Gasteiger partial charge in [0.15, 0.2) is 5.78 Å². The van der Waals surface area contributed by atoms with Gasteiger partial charge in [0, 0.05) is 18.1 Å². The second-order valence-electron chi connectivity index (χ2n) is 4.32. The predicted octanol–water partition coefficient (Wildman–Crippen LogP) is 2.41. The van der Waals surface area contributed by atoms with E-state index >= 15 is 0 Å². The summed E-state index contributed by atoms with van der Waals surface area (Å²) in [5.41, 5.74) is 1.13. The third kappa shape index (κ3) is 2.10. The van der Waals surface area contributed by atoms with Crippen LogP contribution in [0.1, 0.15) is 28.0 Å². The van der Waals surface area contributed by atoms with E-state index in [1.54, 1.807) is 0 Å². The Morgan fingerprint density at radius 3 is 2.90 bits per heavy atom. The third-order valence-corrected chi connectivity index (χ3v) is 2.99. The zero-order valence-electron chi connectivity index (χ0n) is 10.3. The highest BCUT2D eigenvalue weighted by atomic mass is 19.1. The molecule has 0 spiro atoms. The molecule has 0 bridgehead atoms. The van der Waals surface area contributed by atoms with E-state index in [9.17, 15) is 9.18 Å². The Morgan fingerprint density at radius 2 is 2.10 bits per heavy atom. The van der Waals surface area contributed by atoms with Gasteiger partial charge in [-0.25, -0.2) is 14.4 Å². The molecule has 3 rings (SSSR count). The number of Topliss-reactive ketones (excluding diaryl/α,β-unsaturated/α-hetero) is 1. The van der Waals surface area contributed by atoms with E-state index in [2.05, 4.69) is 9.97 Å². The van der Waals surface area contributed by atoms with Gasteiger partial charge in [-0.3, -0.25) is 4.79 Å². The van der Waals surface area contributed by atoms with Gasteiger partial charge < -0.3 is 4.74 Å². The van der Waals surface area contributed by atoms with Gasteiger partial charge in [-0.15, -0.1) is 0 Å². The molecule has 0 atom stereocenters. The highest BCUT2D eigenvalue weighted by Crippen LogP contribution is 2.30. The highest BCUT2D eigenvalue weighted by Gasteiger charge is 2.25. The number of nitrogens with zero attached hydrogens (tertiary/aromatic N) is 3. The first-order chi connectivity index (χ1) is 9.67. The van der Waals surface area contributed by atoms with E-state index < -0.39 is 5.82 Å². The molecule has 98 valence electrons. The largest absolute Gasteiger partial charge is 0.438 e. The number of hydrogen-bond donors (Lipinski definition) is 0. The minimum Gasteiger partial charge on any atom is -0.438 e. The molecule has 0 N–H and O–H groups in total. The van der Waals surface area contributed by atoms with Gasteiger partial charge in [0.25, 0.3) is 0 Å². The Hall–Kier alpha value is -2.81. The first-order valence-electron chi connectivity index (χ1n) is 5.93. The fourth-order valence-corrected chi connectivity index (χ4v) is 2.10. The topological polar surface area (TPSA) is 75.9 Å². The van der Waals surface area contributed by atoms with Crippen molar-refractivity contribution >= 4 is 5.78 Å². The molecule has 5 nitrogen and oxygen atoms in total. The lowest BCUT2D eigenvalue weighted by Gasteiger charge is -2.08. The van der Waals surface area contributed by atoms with Gasteiger partial charge in [-0.1, -0.05) is 0 Å². The quantitative estimate of drug-likeness (QED) is 0.836. The van der Waals surface area contributed by atoms with Crippen LogP contribution in [-0.4, -0.2) is 15.8 Å². The number of ether oxygens (including phenoxy) is 1. The van der Waals surface area contributed by atoms with Crippen LogP contribution in [0.25, 0.3) is 0 Å². The lowest BCUT2D eigenvalue weighted by Crippen LogP contribution is -2.00. The van der Waals surface area contributed by atoms with Gasteiger partial charge >= 0.3 is 0 Å². The molecule has 1 aromatic carbocycles. The Labute approximate surface area is 113 Å². The van der Waals surface area contributed by atoms with Crippen LogP contribution in [0.15, 0.2) is 24.5 Å². The second kappa shape index (κ2) is 4.70. The van der Waals surface area contributed by atoms with Crippen molar-refractivity contribution in [3.8, 4) is 17.7 Å². The molecule has 20 heavy (non-hydrogen) atoms. The maximum Gasteiger partial charge on any atom is 0.226 e. The monoisotopic (exact) mass is 269 g/mol. The minimum atomic E-state index is -0.569. The summed E-state index contributed by atoms with van der Waals surface area (Å²) in [6.07, 6.45) is 2.11. The molecule has 0 fully saturated rings. The Kier molecular flexibility index (Phi) is 2.88. The standard InChI is InChI=1S/C14H8FN3O2/c15-9-3-8(6-16)4-10(5-9)20-14-11-1-2-12(19)13(11)17-7-18-14/h3-5,7H,1-2H2. The van der Waals surface area contributed by atoms with Crippen molar-refractivity contribution in [2.45, 2.75) is 12.8 Å². The zero-order chi connectivity index (χ0) is 14.1. The van der Waals surface area contributed by atoms with E-state index in [4.69, 9.17) is 10.00 Å². The van der Waals surface area contributed by atoms with E-state index in [0.29, 0.717) is 24.1 Å². The first-order valence-corrected chi connectivity index (χ1v) is 5.93. The molecule has 0 saturated heterocycles. The van der Waals surface area contributed by atoms with Crippen molar-refractivity contribution in [2.24, 2.45) is 0 Å². The summed E-state index contributed by atoms with van der Waals surface area (Å²) in [6.45, 7) is 0. The second-order valence-corrected chi connectivity index (χ2v) is 4.32. The van der Waals surface area contributed by atoms with Crippen molar-refractivity contribution in [3.63, 3.8) is 0 Å². The van der Waals surface area contributed by atoms with Crippen molar-refractivity contribution in [2.75, 3.05) is 0 Å². The maximum absolute atomic E-state index is 13.3. The summed E-state index contributed by atoms with van der Waals surface area (Å²) in [4.78, 5) is 19.5.